The molecule has 0 radical (unpaired) electrons. The van der Waals surface area contributed by atoms with Crippen molar-refractivity contribution in [3.8, 4) is 0 Å². The number of hydrogen-bond donors (Lipinski definition) is 0. The number of furan rings is 1. The minimum absolute atomic E-state index is 0.694. The maximum Gasteiger partial charge on any atom is 0.226 e. The lowest BCUT2D eigenvalue weighted by atomic mass is 9.96. The molecule has 1 aromatic carbocycles. The van der Waals surface area contributed by atoms with E-state index in [1.807, 2.05) is 13.0 Å². The number of benzene rings is 1. The molecule has 0 amide bonds. The van der Waals surface area contributed by atoms with Gasteiger partial charge in [0.15, 0.2) is 0 Å². The lowest BCUT2D eigenvalue weighted by Crippen LogP contribution is -1.98. The van der Waals surface area contributed by atoms with Gasteiger partial charge in [-0.1, -0.05) is 48.6 Å². The van der Waals surface area contributed by atoms with E-state index in [9.17, 15) is 0 Å². The second kappa shape index (κ2) is 6.82. The Balaban J connectivity index is 1.96. The first kappa shape index (κ1) is 15.5. The Morgan fingerprint density at radius 3 is 2.65 bits per heavy atom. The molecule has 1 aliphatic rings. The van der Waals surface area contributed by atoms with Gasteiger partial charge in [0, 0.05) is 17.7 Å². The van der Waals surface area contributed by atoms with Crippen LogP contribution in [-0.4, -0.2) is 5.71 Å². The Labute approximate surface area is 138 Å². The third-order valence-electron chi connectivity index (χ3n) is 4.50. The number of nitrogens with zero attached hydrogens (tertiary/aromatic N) is 1. The quantitative estimate of drug-likeness (QED) is 0.648. The number of aryl methyl sites for hydroxylation is 1. The van der Waals surface area contributed by atoms with Crippen LogP contribution in [0.3, 0.4) is 0 Å². The maximum atomic E-state index is 5.62. The third kappa shape index (κ3) is 3.37. The summed E-state index contributed by atoms with van der Waals surface area (Å²) in [5, 5.41) is 0. The molecule has 0 fully saturated rings. The zero-order chi connectivity index (χ0) is 16.2. The zero-order valence-corrected chi connectivity index (χ0v) is 13.9. The Morgan fingerprint density at radius 2 is 1.91 bits per heavy atom. The van der Waals surface area contributed by atoms with Crippen molar-refractivity contribution < 1.29 is 4.42 Å². The SMILES string of the molecule is C=Cc1c(C)coc1/N=C1/CCCC(C)=C(c2ccccc2)C1. The number of aliphatic imine (C=N–C) groups is 1. The molecule has 1 aliphatic carbocycles. The van der Waals surface area contributed by atoms with E-state index in [-0.39, 0.29) is 0 Å². The lowest BCUT2D eigenvalue weighted by Gasteiger charge is -2.10. The molecule has 0 unspecified atom stereocenters. The minimum Gasteiger partial charge on any atom is -0.446 e. The fourth-order valence-corrected chi connectivity index (χ4v) is 3.15. The highest BCUT2D eigenvalue weighted by Crippen LogP contribution is 2.32. The molecule has 0 atom stereocenters. The van der Waals surface area contributed by atoms with Crippen LogP contribution in [0.25, 0.3) is 11.6 Å². The molecule has 118 valence electrons. The molecule has 0 bridgehead atoms. The predicted molar refractivity (Wildman–Crippen MR) is 98.1 cm³/mol. The van der Waals surface area contributed by atoms with Crippen LogP contribution in [0.15, 0.2) is 58.2 Å². The summed E-state index contributed by atoms with van der Waals surface area (Å²) >= 11 is 0. The van der Waals surface area contributed by atoms with E-state index in [0.29, 0.717) is 5.88 Å². The topological polar surface area (TPSA) is 25.5 Å². The molecule has 0 N–H and O–H groups in total. The Hall–Kier alpha value is -2.35. The van der Waals surface area contributed by atoms with Gasteiger partial charge in [0.25, 0.3) is 0 Å². The van der Waals surface area contributed by atoms with Crippen LogP contribution in [0.2, 0.25) is 0 Å². The van der Waals surface area contributed by atoms with Crippen molar-refractivity contribution in [3.63, 3.8) is 0 Å². The van der Waals surface area contributed by atoms with Gasteiger partial charge >= 0.3 is 0 Å². The summed E-state index contributed by atoms with van der Waals surface area (Å²) in [5.74, 6) is 0.694. The van der Waals surface area contributed by atoms with Gasteiger partial charge in [-0.15, -0.1) is 0 Å². The third-order valence-corrected chi connectivity index (χ3v) is 4.50. The monoisotopic (exact) mass is 305 g/mol. The largest absolute Gasteiger partial charge is 0.446 e. The molecule has 0 spiro atoms. The lowest BCUT2D eigenvalue weighted by molar-refractivity contribution is 0.575. The van der Waals surface area contributed by atoms with Crippen LogP contribution in [0.5, 0.6) is 0 Å². The number of rotatable bonds is 3. The molecule has 0 saturated carbocycles. The van der Waals surface area contributed by atoms with Crippen LogP contribution >= 0.6 is 0 Å². The van der Waals surface area contributed by atoms with E-state index in [1.165, 1.54) is 22.4 Å². The van der Waals surface area contributed by atoms with Gasteiger partial charge in [-0.25, -0.2) is 4.99 Å². The average Bonchev–Trinajstić information content (AvgIpc) is 2.81. The first-order chi connectivity index (χ1) is 11.2. The number of hydrogen-bond acceptors (Lipinski definition) is 2. The molecule has 3 rings (SSSR count). The molecule has 0 aliphatic heterocycles. The molecule has 2 aromatic rings. The van der Waals surface area contributed by atoms with Crippen molar-refractivity contribution in [2.24, 2.45) is 4.99 Å². The molecule has 1 aromatic heterocycles. The highest BCUT2D eigenvalue weighted by Gasteiger charge is 2.16. The van der Waals surface area contributed by atoms with Crippen LogP contribution in [0.1, 0.15) is 49.3 Å². The number of allylic oxidation sites excluding steroid dienone is 2. The van der Waals surface area contributed by atoms with E-state index < -0.39 is 0 Å². The summed E-state index contributed by atoms with van der Waals surface area (Å²) in [6.07, 6.45) is 7.77. The molecule has 2 nitrogen and oxygen atoms in total. The van der Waals surface area contributed by atoms with Gasteiger partial charge in [0.2, 0.25) is 5.88 Å². The summed E-state index contributed by atoms with van der Waals surface area (Å²) in [5.41, 5.74) is 7.47. The van der Waals surface area contributed by atoms with E-state index in [4.69, 9.17) is 9.41 Å². The van der Waals surface area contributed by atoms with Crippen LogP contribution in [-0.2, 0) is 0 Å². The van der Waals surface area contributed by atoms with Crippen molar-refractivity contribution in [1.82, 2.24) is 0 Å². The summed E-state index contributed by atoms with van der Waals surface area (Å²) in [7, 11) is 0. The van der Waals surface area contributed by atoms with Gasteiger partial charge in [-0.2, -0.15) is 0 Å². The van der Waals surface area contributed by atoms with Crippen LogP contribution in [0.4, 0.5) is 5.88 Å². The summed E-state index contributed by atoms with van der Waals surface area (Å²) < 4.78 is 5.62. The van der Waals surface area contributed by atoms with E-state index in [0.717, 1.165) is 36.8 Å². The standard InChI is InChI=1S/C21H23NO/c1-4-19-16(3)14-23-21(19)22-18-12-8-9-15(2)20(13-18)17-10-6-5-7-11-17/h4-7,10-11,14H,1,8-9,12-13H2,2-3H3/b22-18-. The maximum absolute atomic E-state index is 5.62. The van der Waals surface area contributed by atoms with Crippen molar-refractivity contribution in [3.05, 3.63) is 65.4 Å². The van der Waals surface area contributed by atoms with E-state index in [1.54, 1.807) is 6.26 Å². The molecular weight excluding hydrogens is 282 g/mol. The highest BCUT2D eigenvalue weighted by atomic mass is 16.3. The predicted octanol–water partition coefficient (Wildman–Crippen LogP) is 6.35. The summed E-state index contributed by atoms with van der Waals surface area (Å²) in [6, 6.07) is 10.6. The van der Waals surface area contributed by atoms with Gasteiger partial charge < -0.3 is 4.42 Å². The highest BCUT2D eigenvalue weighted by molar-refractivity contribution is 5.97. The fourth-order valence-electron chi connectivity index (χ4n) is 3.15. The molecule has 2 heteroatoms. The van der Waals surface area contributed by atoms with E-state index in [2.05, 4.69) is 43.8 Å². The van der Waals surface area contributed by atoms with Crippen molar-refractivity contribution in [2.75, 3.05) is 0 Å². The average molecular weight is 305 g/mol. The molecule has 0 saturated heterocycles. The molecular formula is C21H23NO. The van der Waals surface area contributed by atoms with Crippen molar-refractivity contribution in [2.45, 2.75) is 39.5 Å². The smallest absolute Gasteiger partial charge is 0.226 e. The van der Waals surface area contributed by atoms with Crippen molar-refractivity contribution in [1.29, 1.82) is 0 Å². The second-order valence-electron chi connectivity index (χ2n) is 6.17. The molecule has 1 heterocycles. The minimum atomic E-state index is 0.694. The fraction of sp³-hybridized carbons (Fsp3) is 0.286. The van der Waals surface area contributed by atoms with Crippen LogP contribution in [0, 0.1) is 6.92 Å². The normalized spacial score (nSPS) is 17.4. The van der Waals surface area contributed by atoms with Gasteiger partial charge in [-0.05, 0) is 49.8 Å². The van der Waals surface area contributed by atoms with E-state index >= 15 is 0 Å². The Morgan fingerprint density at radius 1 is 1.13 bits per heavy atom. The Bertz CT molecular complexity index is 762. The summed E-state index contributed by atoms with van der Waals surface area (Å²) in [6.45, 7) is 8.14. The van der Waals surface area contributed by atoms with Crippen molar-refractivity contribution >= 4 is 23.2 Å². The van der Waals surface area contributed by atoms with Gasteiger partial charge in [-0.3, -0.25) is 0 Å². The Kier molecular flexibility index (Phi) is 4.61. The first-order valence-corrected chi connectivity index (χ1v) is 8.20. The molecule has 23 heavy (non-hydrogen) atoms. The zero-order valence-electron chi connectivity index (χ0n) is 13.9. The summed E-state index contributed by atoms with van der Waals surface area (Å²) in [4.78, 5) is 4.82. The van der Waals surface area contributed by atoms with Gasteiger partial charge in [0.1, 0.15) is 0 Å². The first-order valence-electron chi connectivity index (χ1n) is 8.20. The van der Waals surface area contributed by atoms with Crippen LogP contribution < -0.4 is 0 Å². The van der Waals surface area contributed by atoms with Gasteiger partial charge in [0.05, 0.1) is 6.26 Å². The second-order valence-corrected chi connectivity index (χ2v) is 6.17.